The normalized spacial score (nSPS) is 18.0. The molecule has 0 saturated carbocycles. The summed E-state index contributed by atoms with van der Waals surface area (Å²) in [5.41, 5.74) is 0.802. The fourth-order valence-corrected chi connectivity index (χ4v) is 2.58. The Morgan fingerprint density at radius 1 is 1.36 bits per heavy atom. The lowest BCUT2D eigenvalue weighted by Crippen LogP contribution is -2.18. The maximum Gasteiger partial charge on any atom is 0.152 e. The molecule has 1 unspecified atom stereocenters. The second kappa shape index (κ2) is 6.98. The summed E-state index contributed by atoms with van der Waals surface area (Å²) in [4.78, 5) is 3.95. The van der Waals surface area contributed by atoms with Gasteiger partial charge < -0.3 is 14.8 Å². The summed E-state index contributed by atoms with van der Waals surface area (Å²) in [7, 11) is 0. The molecule has 1 aliphatic heterocycles. The van der Waals surface area contributed by atoms with Crippen molar-refractivity contribution in [3.05, 3.63) is 36.0 Å². The van der Waals surface area contributed by atoms with Gasteiger partial charge in [0.2, 0.25) is 0 Å². The van der Waals surface area contributed by atoms with Crippen LogP contribution in [0.25, 0.3) is 10.9 Å². The first kappa shape index (κ1) is 15.1. The zero-order valence-corrected chi connectivity index (χ0v) is 12.1. The molecule has 22 heavy (non-hydrogen) atoms. The molecular weight excluding hydrogens is 290 g/mol. The van der Waals surface area contributed by atoms with E-state index in [1.54, 1.807) is 6.07 Å². The molecule has 1 aromatic carbocycles. The zero-order chi connectivity index (χ0) is 15.4. The lowest BCUT2D eigenvalue weighted by Gasteiger charge is -2.12. The maximum absolute atomic E-state index is 13.7. The largest absolute Gasteiger partial charge is 0.382 e. The highest BCUT2D eigenvalue weighted by atomic mass is 19.1. The number of rotatable bonds is 6. The number of pyridine rings is 1. The fraction of sp³-hybridized carbons (Fsp3) is 0.438. The van der Waals surface area contributed by atoms with Crippen molar-refractivity contribution in [1.29, 1.82) is 0 Å². The van der Waals surface area contributed by atoms with Crippen LogP contribution in [0.3, 0.4) is 0 Å². The van der Waals surface area contributed by atoms with E-state index in [-0.39, 0.29) is 11.6 Å². The number of fused-ring (bicyclic) bond motifs is 1. The molecule has 1 N–H and O–H groups in total. The number of nitrogens with zero attached hydrogens (tertiary/aromatic N) is 1. The number of aromatic nitrogens is 1. The summed E-state index contributed by atoms with van der Waals surface area (Å²) in [6.45, 7) is 2.44. The van der Waals surface area contributed by atoms with Crippen LogP contribution in [-0.4, -0.2) is 37.5 Å². The molecule has 2 heterocycles. The van der Waals surface area contributed by atoms with Crippen LogP contribution in [0.1, 0.15) is 12.8 Å². The first-order valence-electron chi connectivity index (χ1n) is 7.41. The molecule has 118 valence electrons. The number of hydrogen-bond donors (Lipinski definition) is 1. The van der Waals surface area contributed by atoms with E-state index < -0.39 is 11.6 Å². The van der Waals surface area contributed by atoms with Gasteiger partial charge in [0.15, 0.2) is 5.82 Å². The Kier molecular flexibility index (Phi) is 4.80. The molecule has 0 radical (unpaired) electrons. The fourth-order valence-electron chi connectivity index (χ4n) is 2.58. The SMILES string of the molecule is Fc1cc(F)c2nccc(NCCOCC3CCCO3)c2c1. The highest BCUT2D eigenvalue weighted by Gasteiger charge is 2.15. The lowest BCUT2D eigenvalue weighted by atomic mass is 10.1. The molecule has 2 aromatic rings. The van der Waals surface area contributed by atoms with Crippen molar-refractivity contribution in [3.8, 4) is 0 Å². The van der Waals surface area contributed by atoms with Crippen molar-refractivity contribution in [3.63, 3.8) is 0 Å². The van der Waals surface area contributed by atoms with Gasteiger partial charge in [-0.2, -0.15) is 0 Å². The number of ether oxygens (including phenoxy) is 2. The Hall–Kier alpha value is -1.79. The molecule has 1 aliphatic rings. The third-order valence-electron chi connectivity index (χ3n) is 3.65. The van der Waals surface area contributed by atoms with Crippen LogP contribution in [0.5, 0.6) is 0 Å². The third-order valence-corrected chi connectivity index (χ3v) is 3.65. The van der Waals surface area contributed by atoms with Crippen LogP contribution in [-0.2, 0) is 9.47 Å². The smallest absolute Gasteiger partial charge is 0.152 e. The van der Waals surface area contributed by atoms with Gasteiger partial charge in [-0.15, -0.1) is 0 Å². The van der Waals surface area contributed by atoms with Crippen LogP contribution < -0.4 is 5.32 Å². The summed E-state index contributed by atoms with van der Waals surface area (Å²) in [5.74, 6) is -1.27. The van der Waals surface area contributed by atoms with Gasteiger partial charge >= 0.3 is 0 Å². The zero-order valence-electron chi connectivity index (χ0n) is 12.1. The van der Waals surface area contributed by atoms with E-state index in [0.717, 1.165) is 25.5 Å². The van der Waals surface area contributed by atoms with E-state index in [1.807, 2.05) is 0 Å². The summed E-state index contributed by atoms with van der Waals surface area (Å²) >= 11 is 0. The monoisotopic (exact) mass is 308 g/mol. The number of benzene rings is 1. The van der Waals surface area contributed by atoms with Crippen molar-refractivity contribution >= 4 is 16.6 Å². The van der Waals surface area contributed by atoms with Crippen molar-refractivity contribution in [2.75, 3.05) is 31.7 Å². The van der Waals surface area contributed by atoms with Gasteiger partial charge in [0.05, 0.1) is 19.3 Å². The second-order valence-electron chi connectivity index (χ2n) is 5.28. The van der Waals surface area contributed by atoms with Gasteiger partial charge in [-0.05, 0) is 25.0 Å². The minimum absolute atomic E-state index is 0.159. The third kappa shape index (κ3) is 3.51. The first-order chi connectivity index (χ1) is 10.7. The Labute approximate surface area is 127 Å². The van der Waals surface area contributed by atoms with Crippen molar-refractivity contribution in [2.45, 2.75) is 18.9 Å². The standard InChI is InChI=1S/C16H18F2N2O2/c17-11-8-13-15(3-4-20-16(13)14(18)9-11)19-5-7-21-10-12-2-1-6-22-12/h3-4,8-9,12H,1-2,5-7,10H2,(H,19,20). The van der Waals surface area contributed by atoms with E-state index in [4.69, 9.17) is 9.47 Å². The van der Waals surface area contributed by atoms with Crippen LogP contribution in [0.15, 0.2) is 24.4 Å². The quantitative estimate of drug-likeness (QED) is 0.833. The van der Waals surface area contributed by atoms with Crippen LogP contribution in [0, 0.1) is 11.6 Å². The summed E-state index contributed by atoms with van der Waals surface area (Å²) in [6.07, 6.45) is 3.83. The van der Waals surface area contributed by atoms with Gasteiger partial charge in [-0.25, -0.2) is 8.78 Å². The molecule has 6 heteroatoms. The van der Waals surface area contributed by atoms with Crippen molar-refractivity contribution in [1.82, 2.24) is 4.98 Å². The molecule has 0 aliphatic carbocycles. The Morgan fingerprint density at radius 2 is 2.27 bits per heavy atom. The van der Waals surface area contributed by atoms with Gasteiger partial charge in [0.1, 0.15) is 11.3 Å². The van der Waals surface area contributed by atoms with Gasteiger partial charge in [0.25, 0.3) is 0 Å². The molecule has 4 nitrogen and oxygen atoms in total. The summed E-state index contributed by atoms with van der Waals surface area (Å²) < 4.78 is 38.0. The maximum atomic E-state index is 13.7. The predicted molar refractivity (Wildman–Crippen MR) is 79.9 cm³/mol. The van der Waals surface area contributed by atoms with Crippen LogP contribution >= 0.6 is 0 Å². The second-order valence-corrected chi connectivity index (χ2v) is 5.28. The molecule has 0 amide bonds. The molecule has 1 atom stereocenters. The van der Waals surface area contributed by atoms with E-state index in [9.17, 15) is 8.78 Å². The number of anilines is 1. The number of halogens is 2. The average Bonchev–Trinajstić information content (AvgIpc) is 3.00. The van der Waals surface area contributed by atoms with Gasteiger partial charge in [-0.3, -0.25) is 4.98 Å². The minimum atomic E-state index is -0.659. The Balaban J connectivity index is 1.57. The molecule has 1 saturated heterocycles. The van der Waals surface area contributed by atoms with Gasteiger partial charge in [0, 0.05) is 36.5 Å². The minimum Gasteiger partial charge on any atom is -0.382 e. The lowest BCUT2D eigenvalue weighted by molar-refractivity contribution is 0.0206. The molecule has 1 aromatic heterocycles. The topological polar surface area (TPSA) is 43.4 Å². The Bertz CT molecular complexity index is 645. The molecule has 0 bridgehead atoms. The van der Waals surface area contributed by atoms with Gasteiger partial charge in [-0.1, -0.05) is 0 Å². The number of hydrogen-bond acceptors (Lipinski definition) is 4. The average molecular weight is 308 g/mol. The number of nitrogens with one attached hydrogen (secondary N) is 1. The highest BCUT2D eigenvalue weighted by Crippen LogP contribution is 2.24. The van der Waals surface area contributed by atoms with E-state index in [2.05, 4.69) is 10.3 Å². The molecule has 0 spiro atoms. The first-order valence-corrected chi connectivity index (χ1v) is 7.41. The van der Waals surface area contributed by atoms with E-state index in [0.29, 0.717) is 30.8 Å². The van der Waals surface area contributed by atoms with E-state index >= 15 is 0 Å². The van der Waals surface area contributed by atoms with Crippen molar-refractivity contribution in [2.24, 2.45) is 0 Å². The summed E-state index contributed by atoms with van der Waals surface area (Å²) in [6, 6.07) is 3.81. The molecule has 1 fully saturated rings. The Morgan fingerprint density at radius 3 is 3.09 bits per heavy atom. The van der Waals surface area contributed by atoms with E-state index in [1.165, 1.54) is 12.3 Å². The molecular formula is C16H18F2N2O2. The van der Waals surface area contributed by atoms with Crippen LogP contribution in [0.4, 0.5) is 14.5 Å². The van der Waals surface area contributed by atoms with Crippen molar-refractivity contribution < 1.29 is 18.3 Å². The van der Waals surface area contributed by atoms with Crippen LogP contribution in [0.2, 0.25) is 0 Å². The molecule has 3 rings (SSSR count). The predicted octanol–water partition coefficient (Wildman–Crippen LogP) is 3.12. The highest BCUT2D eigenvalue weighted by molar-refractivity contribution is 5.91. The summed E-state index contributed by atoms with van der Waals surface area (Å²) in [5, 5.41) is 3.56.